The molecule has 1 unspecified atom stereocenters. The van der Waals surface area contributed by atoms with Gasteiger partial charge in [0.25, 0.3) is 5.69 Å². The van der Waals surface area contributed by atoms with Crippen molar-refractivity contribution in [3.63, 3.8) is 0 Å². The number of para-hydroxylation sites is 1. The van der Waals surface area contributed by atoms with Crippen LogP contribution in [-0.2, 0) is 0 Å². The molecule has 1 N–H and O–H groups in total. The first-order valence-electron chi connectivity index (χ1n) is 8.61. The summed E-state index contributed by atoms with van der Waals surface area (Å²) >= 11 is 6.03. The number of nitrogens with zero attached hydrogens (tertiary/aromatic N) is 2. The van der Waals surface area contributed by atoms with E-state index in [2.05, 4.69) is 4.98 Å². The zero-order valence-electron chi connectivity index (χ0n) is 14.6. The average Bonchev–Trinajstić information content (AvgIpc) is 2.72. The van der Waals surface area contributed by atoms with E-state index in [1.807, 2.05) is 48.5 Å². The largest absolute Gasteiger partial charge is 0.383 e. The molecule has 0 spiro atoms. The number of rotatable bonds is 4. The summed E-state index contributed by atoms with van der Waals surface area (Å²) in [4.78, 5) is 15.6. The Balaban J connectivity index is 1.86. The van der Waals surface area contributed by atoms with Gasteiger partial charge in [-0.1, -0.05) is 60.1 Å². The van der Waals surface area contributed by atoms with Crippen LogP contribution < -0.4 is 0 Å². The maximum absolute atomic E-state index is 11.4. The van der Waals surface area contributed by atoms with Crippen molar-refractivity contribution in [1.29, 1.82) is 0 Å². The van der Waals surface area contributed by atoms with Gasteiger partial charge in [-0.15, -0.1) is 0 Å². The summed E-state index contributed by atoms with van der Waals surface area (Å²) in [5.41, 5.74) is 2.70. The Morgan fingerprint density at radius 3 is 2.50 bits per heavy atom. The number of benzene rings is 3. The lowest BCUT2D eigenvalue weighted by atomic mass is 9.94. The first-order chi connectivity index (χ1) is 13.5. The molecule has 0 saturated heterocycles. The maximum atomic E-state index is 11.4. The highest BCUT2D eigenvalue weighted by Gasteiger charge is 2.24. The van der Waals surface area contributed by atoms with Crippen LogP contribution in [0, 0.1) is 10.1 Å². The first kappa shape index (κ1) is 18.1. The minimum absolute atomic E-state index is 0.144. The van der Waals surface area contributed by atoms with Crippen molar-refractivity contribution < 1.29 is 10.0 Å². The molecule has 1 atom stereocenters. The van der Waals surface area contributed by atoms with Crippen LogP contribution in [0.4, 0.5) is 5.69 Å². The molecule has 0 bridgehead atoms. The molecule has 6 heteroatoms. The minimum Gasteiger partial charge on any atom is -0.383 e. The highest BCUT2D eigenvalue weighted by molar-refractivity contribution is 6.30. The summed E-state index contributed by atoms with van der Waals surface area (Å²) in [5.74, 6) is 0. The molecule has 0 radical (unpaired) electrons. The highest BCUT2D eigenvalue weighted by atomic mass is 35.5. The van der Waals surface area contributed by atoms with E-state index < -0.39 is 11.0 Å². The van der Waals surface area contributed by atoms with E-state index in [-0.39, 0.29) is 11.3 Å². The Labute approximate surface area is 166 Å². The lowest BCUT2D eigenvalue weighted by Gasteiger charge is -2.16. The van der Waals surface area contributed by atoms with E-state index in [0.717, 1.165) is 10.9 Å². The number of nitro benzene ring substituents is 1. The van der Waals surface area contributed by atoms with Crippen molar-refractivity contribution in [2.24, 2.45) is 0 Å². The van der Waals surface area contributed by atoms with Crippen LogP contribution in [0.5, 0.6) is 0 Å². The fourth-order valence-corrected chi connectivity index (χ4v) is 3.44. The van der Waals surface area contributed by atoms with Crippen molar-refractivity contribution in [1.82, 2.24) is 4.98 Å². The van der Waals surface area contributed by atoms with Gasteiger partial charge in [-0.05, 0) is 29.8 Å². The molecule has 0 aliphatic rings. The average molecular weight is 391 g/mol. The fraction of sp³-hybridized carbons (Fsp3) is 0.0455. The van der Waals surface area contributed by atoms with Crippen LogP contribution in [0.25, 0.3) is 22.2 Å². The van der Waals surface area contributed by atoms with Gasteiger partial charge in [-0.2, -0.15) is 0 Å². The Morgan fingerprint density at radius 1 is 0.929 bits per heavy atom. The number of nitro groups is 1. The molecule has 1 heterocycles. The lowest BCUT2D eigenvalue weighted by Crippen LogP contribution is -2.06. The van der Waals surface area contributed by atoms with Gasteiger partial charge < -0.3 is 5.11 Å². The summed E-state index contributed by atoms with van der Waals surface area (Å²) in [5, 5.41) is 23.7. The second-order valence-corrected chi connectivity index (χ2v) is 6.78. The zero-order valence-corrected chi connectivity index (χ0v) is 15.4. The van der Waals surface area contributed by atoms with Crippen molar-refractivity contribution in [3.05, 3.63) is 105 Å². The molecule has 5 nitrogen and oxygen atoms in total. The second kappa shape index (κ2) is 7.38. The van der Waals surface area contributed by atoms with Crippen LogP contribution in [-0.4, -0.2) is 15.0 Å². The third-order valence-electron chi connectivity index (χ3n) is 4.61. The van der Waals surface area contributed by atoms with Gasteiger partial charge in [0.1, 0.15) is 6.10 Å². The number of aliphatic hydroxyl groups is 1. The summed E-state index contributed by atoms with van der Waals surface area (Å²) in [7, 11) is 0. The molecule has 0 aliphatic heterocycles. The van der Waals surface area contributed by atoms with Crippen LogP contribution in [0.3, 0.4) is 0 Å². The maximum Gasteiger partial charge on any atom is 0.275 e. The van der Waals surface area contributed by atoms with E-state index in [0.29, 0.717) is 21.8 Å². The minimum atomic E-state index is -1.22. The number of pyridine rings is 1. The standard InChI is InChI=1S/C22H15ClN2O3/c23-15-10-12-21(25(27)28)18(13-15)22(26)17-7-3-2-6-16(17)20-11-9-14-5-1-4-8-19(14)24-20/h1-13,22,26H. The Kier molecular flexibility index (Phi) is 4.77. The van der Waals surface area contributed by atoms with E-state index in [1.54, 1.807) is 12.1 Å². The molecule has 0 aliphatic carbocycles. The van der Waals surface area contributed by atoms with Gasteiger partial charge >= 0.3 is 0 Å². The topological polar surface area (TPSA) is 76.3 Å². The van der Waals surface area contributed by atoms with E-state index in [9.17, 15) is 15.2 Å². The number of fused-ring (bicyclic) bond motifs is 1. The SMILES string of the molecule is O=[N+]([O-])c1ccc(Cl)cc1C(O)c1ccccc1-c1ccc2ccccc2n1. The molecule has 0 saturated carbocycles. The smallest absolute Gasteiger partial charge is 0.275 e. The van der Waals surface area contributed by atoms with Crippen molar-refractivity contribution in [3.8, 4) is 11.3 Å². The van der Waals surface area contributed by atoms with Gasteiger partial charge in [0, 0.05) is 22.0 Å². The summed E-state index contributed by atoms with van der Waals surface area (Å²) in [6.07, 6.45) is -1.22. The van der Waals surface area contributed by atoms with Crippen molar-refractivity contribution in [2.75, 3.05) is 0 Å². The molecule has 3 aromatic carbocycles. The summed E-state index contributed by atoms with van der Waals surface area (Å²) in [6.45, 7) is 0. The second-order valence-electron chi connectivity index (χ2n) is 6.34. The Hall–Kier alpha value is -3.28. The molecule has 1 aromatic heterocycles. The molecule has 4 aromatic rings. The predicted octanol–water partition coefficient (Wildman–Crippen LogP) is 5.55. The van der Waals surface area contributed by atoms with Gasteiger partial charge in [-0.3, -0.25) is 10.1 Å². The van der Waals surface area contributed by atoms with Crippen LogP contribution in [0.15, 0.2) is 78.9 Å². The van der Waals surface area contributed by atoms with E-state index in [4.69, 9.17) is 11.6 Å². The monoisotopic (exact) mass is 390 g/mol. The molecule has 28 heavy (non-hydrogen) atoms. The Bertz CT molecular complexity index is 1190. The molecule has 0 amide bonds. The first-order valence-corrected chi connectivity index (χ1v) is 8.99. The lowest BCUT2D eigenvalue weighted by molar-refractivity contribution is -0.386. The number of halogens is 1. The molecule has 138 valence electrons. The van der Waals surface area contributed by atoms with E-state index in [1.165, 1.54) is 18.2 Å². The third kappa shape index (κ3) is 3.33. The molecule has 4 rings (SSSR count). The van der Waals surface area contributed by atoms with Gasteiger partial charge in [0.2, 0.25) is 0 Å². The van der Waals surface area contributed by atoms with Crippen molar-refractivity contribution >= 4 is 28.2 Å². The summed E-state index contributed by atoms with van der Waals surface area (Å²) in [6, 6.07) is 22.9. The summed E-state index contributed by atoms with van der Waals surface area (Å²) < 4.78 is 0. The fourth-order valence-electron chi connectivity index (χ4n) is 3.26. The van der Waals surface area contributed by atoms with E-state index >= 15 is 0 Å². The highest BCUT2D eigenvalue weighted by Crippen LogP contribution is 2.36. The zero-order chi connectivity index (χ0) is 19.7. The van der Waals surface area contributed by atoms with Gasteiger partial charge in [0.15, 0.2) is 0 Å². The quantitative estimate of drug-likeness (QED) is 0.366. The van der Waals surface area contributed by atoms with Crippen molar-refractivity contribution in [2.45, 2.75) is 6.10 Å². The molecular formula is C22H15ClN2O3. The predicted molar refractivity (Wildman–Crippen MR) is 109 cm³/mol. The number of hydrogen-bond donors (Lipinski definition) is 1. The number of aliphatic hydroxyl groups excluding tert-OH is 1. The van der Waals surface area contributed by atoms with Crippen LogP contribution in [0.2, 0.25) is 5.02 Å². The number of hydrogen-bond acceptors (Lipinski definition) is 4. The van der Waals surface area contributed by atoms with Crippen LogP contribution >= 0.6 is 11.6 Å². The molecule has 0 fully saturated rings. The van der Waals surface area contributed by atoms with Crippen LogP contribution in [0.1, 0.15) is 17.2 Å². The normalized spacial score (nSPS) is 12.1. The van der Waals surface area contributed by atoms with Gasteiger partial charge in [-0.25, -0.2) is 4.98 Å². The molecular weight excluding hydrogens is 376 g/mol. The van der Waals surface area contributed by atoms with Gasteiger partial charge in [0.05, 0.1) is 21.7 Å². The number of aromatic nitrogens is 1. The Morgan fingerprint density at radius 2 is 1.68 bits per heavy atom. The third-order valence-corrected chi connectivity index (χ3v) is 4.85.